The zero-order chi connectivity index (χ0) is 17.1. The summed E-state index contributed by atoms with van der Waals surface area (Å²) in [5, 5.41) is 1.20. The van der Waals surface area contributed by atoms with Gasteiger partial charge in [-0.25, -0.2) is 4.98 Å². The minimum absolute atomic E-state index is 0.544. The van der Waals surface area contributed by atoms with E-state index >= 15 is 0 Å². The second-order valence-electron chi connectivity index (χ2n) is 6.78. The lowest BCUT2D eigenvalue weighted by Crippen LogP contribution is -2.34. The van der Waals surface area contributed by atoms with Crippen LogP contribution in [0.2, 0.25) is 0 Å². The van der Waals surface area contributed by atoms with Gasteiger partial charge in [0, 0.05) is 41.8 Å². The van der Waals surface area contributed by atoms with Gasteiger partial charge in [-0.2, -0.15) is 0 Å². The number of rotatable bonds is 5. The van der Waals surface area contributed by atoms with Crippen LogP contribution in [-0.2, 0) is 6.54 Å². The normalized spacial score (nSPS) is 18.5. The number of nitrogens with zero attached hydrogens (tertiary/aromatic N) is 2. The number of pyridine rings is 1. The molecular formula is C21H25N3O. The average molecular weight is 335 g/mol. The summed E-state index contributed by atoms with van der Waals surface area (Å²) in [6, 6.07) is 14.8. The first kappa shape index (κ1) is 16.2. The van der Waals surface area contributed by atoms with E-state index in [1.54, 1.807) is 0 Å². The van der Waals surface area contributed by atoms with Crippen LogP contribution in [0.4, 0.5) is 0 Å². The number of aromatic amines is 1. The Morgan fingerprint density at radius 3 is 3.04 bits per heavy atom. The molecule has 3 aromatic rings. The fourth-order valence-electron chi connectivity index (χ4n) is 3.82. The van der Waals surface area contributed by atoms with Crippen molar-refractivity contribution in [3.05, 3.63) is 59.9 Å². The number of para-hydroxylation sites is 1. The minimum atomic E-state index is 0.544. The maximum atomic E-state index is 5.79. The Morgan fingerprint density at radius 2 is 2.16 bits per heavy atom. The summed E-state index contributed by atoms with van der Waals surface area (Å²) in [4.78, 5) is 10.5. The highest BCUT2D eigenvalue weighted by atomic mass is 16.5. The summed E-state index contributed by atoms with van der Waals surface area (Å²) in [7, 11) is 0. The molecule has 1 aliphatic rings. The molecule has 1 atom stereocenters. The quantitative estimate of drug-likeness (QED) is 0.754. The van der Waals surface area contributed by atoms with Gasteiger partial charge in [0.15, 0.2) is 0 Å². The molecule has 4 rings (SSSR count). The third-order valence-corrected chi connectivity index (χ3v) is 5.02. The highest BCUT2D eigenvalue weighted by Gasteiger charge is 2.23. The third kappa shape index (κ3) is 3.54. The molecule has 1 aliphatic heterocycles. The van der Waals surface area contributed by atoms with Gasteiger partial charge < -0.3 is 9.72 Å². The van der Waals surface area contributed by atoms with Crippen LogP contribution in [0, 0.1) is 0 Å². The van der Waals surface area contributed by atoms with Crippen LogP contribution in [-0.4, -0.2) is 34.6 Å². The van der Waals surface area contributed by atoms with E-state index in [1.807, 2.05) is 25.3 Å². The maximum Gasteiger partial charge on any atom is 0.137 e. The number of piperidine rings is 1. The molecule has 1 N–H and O–H groups in total. The van der Waals surface area contributed by atoms with E-state index in [-0.39, 0.29) is 0 Å². The largest absolute Gasteiger partial charge is 0.494 e. The van der Waals surface area contributed by atoms with Gasteiger partial charge in [0.1, 0.15) is 11.4 Å². The predicted octanol–water partition coefficient (Wildman–Crippen LogP) is 4.34. The number of likely N-dealkylation sites (tertiary alicyclic amines) is 1. The first-order valence-electron chi connectivity index (χ1n) is 9.20. The van der Waals surface area contributed by atoms with Gasteiger partial charge in [-0.3, -0.25) is 4.90 Å². The molecule has 130 valence electrons. The van der Waals surface area contributed by atoms with Crippen molar-refractivity contribution in [2.75, 3.05) is 19.7 Å². The molecule has 3 heterocycles. The second kappa shape index (κ2) is 7.28. The molecule has 1 fully saturated rings. The third-order valence-electron chi connectivity index (χ3n) is 5.02. The second-order valence-corrected chi connectivity index (χ2v) is 6.78. The zero-order valence-electron chi connectivity index (χ0n) is 14.7. The summed E-state index contributed by atoms with van der Waals surface area (Å²) < 4.78 is 5.79. The number of H-pyrrole nitrogens is 1. The Bertz CT molecular complexity index is 809. The van der Waals surface area contributed by atoms with E-state index < -0.39 is 0 Å². The van der Waals surface area contributed by atoms with Crippen LogP contribution < -0.4 is 4.74 Å². The molecule has 25 heavy (non-hydrogen) atoms. The van der Waals surface area contributed by atoms with Crippen molar-refractivity contribution in [2.45, 2.75) is 32.2 Å². The lowest BCUT2D eigenvalue weighted by molar-refractivity contribution is 0.195. The molecule has 4 heteroatoms. The maximum absolute atomic E-state index is 5.79. The minimum Gasteiger partial charge on any atom is -0.494 e. The van der Waals surface area contributed by atoms with Crippen LogP contribution >= 0.6 is 0 Å². The molecule has 0 spiro atoms. The van der Waals surface area contributed by atoms with Crippen LogP contribution in [0.3, 0.4) is 0 Å². The van der Waals surface area contributed by atoms with Crippen molar-refractivity contribution >= 4 is 11.0 Å². The molecule has 0 aliphatic carbocycles. The average Bonchev–Trinajstić information content (AvgIpc) is 3.08. The first-order chi connectivity index (χ1) is 12.3. The monoisotopic (exact) mass is 335 g/mol. The van der Waals surface area contributed by atoms with Gasteiger partial charge in [0.25, 0.3) is 0 Å². The highest BCUT2D eigenvalue weighted by Crippen LogP contribution is 2.30. The van der Waals surface area contributed by atoms with E-state index in [0.29, 0.717) is 12.5 Å². The van der Waals surface area contributed by atoms with E-state index in [9.17, 15) is 0 Å². The lowest BCUT2D eigenvalue weighted by Gasteiger charge is -2.32. The lowest BCUT2D eigenvalue weighted by atomic mass is 9.94. The Morgan fingerprint density at radius 1 is 1.24 bits per heavy atom. The molecule has 0 radical (unpaired) electrons. The summed E-state index contributed by atoms with van der Waals surface area (Å²) in [5.41, 5.74) is 3.59. The highest BCUT2D eigenvalue weighted by molar-refractivity contribution is 5.76. The molecule has 1 saturated heterocycles. The van der Waals surface area contributed by atoms with E-state index in [2.05, 4.69) is 45.2 Å². The van der Waals surface area contributed by atoms with Crippen molar-refractivity contribution in [3.63, 3.8) is 0 Å². The van der Waals surface area contributed by atoms with Crippen LogP contribution in [0.25, 0.3) is 11.0 Å². The Labute approximate surface area is 148 Å². The number of nitrogens with one attached hydrogen (secondary N) is 1. The van der Waals surface area contributed by atoms with E-state index in [0.717, 1.165) is 31.0 Å². The topological polar surface area (TPSA) is 41.1 Å². The molecule has 0 saturated carbocycles. The number of aromatic nitrogens is 2. The van der Waals surface area contributed by atoms with Crippen molar-refractivity contribution < 1.29 is 4.74 Å². The number of hydrogen-bond donors (Lipinski definition) is 1. The fourth-order valence-corrected chi connectivity index (χ4v) is 3.82. The summed E-state index contributed by atoms with van der Waals surface area (Å²) in [6.45, 7) is 5.92. The predicted molar refractivity (Wildman–Crippen MR) is 101 cm³/mol. The fraction of sp³-hybridized carbons (Fsp3) is 0.381. The number of benzene rings is 1. The van der Waals surface area contributed by atoms with Gasteiger partial charge in [-0.1, -0.05) is 18.2 Å². The van der Waals surface area contributed by atoms with Crippen molar-refractivity contribution in [1.29, 1.82) is 0 Å². The molecular weight excluding hydrogens is 310 g/mol. The van der Waals surface area contributed by atoms with Crippen molar-refractivity contribution in [1.82, 2.24) is 14.9 Å². The smallest absolute Gasteiger partial charge is 0.137 e. The van der Waals surface area contributed by atoms with Crippen molar-refractivity contribution in [3.8, 4) is 5.75 Å². The molecule has 0 bridgehead atoms. The summed E-state index contributed by atoms with van der Waals surface area (Å²) >= 11 is 0. The first-order valence-corrected chi connectivity index (χ1v) is 9.20. The van der Waals surface area contributed by atoms with Crippen LogP contribution in [0.5, 0.6) is 5.75 Å². The Balaban J connectivity index is 1.49. The number of hydrogen-bond acceptors (Lipinski definition) is 3. The Kier molecular flexibility index (Phi) is 4.70. The van der Waals surface area contributed by atoms with Crippen molar-refractivity contribution in [2.24, 2.45) is 0 Å². The van der Waals surface area contributed by atoms with E-state index in [4.69, 9.17) is 4.74 Å². The SMILES string of the molecule is CCOc1ccccc1CN1CCC[C@@H](c2cc3cccnc3[nH]2)C1. The summed E-state index contributed by atoms with van der Waals surface area (Å²) in [5.74, 6) is 1.56. The molecule has 0 unspecified atom stereocenters. The molecule has 2 aromatic heterocycles. The van der Waals surface area contributed by atoms with E-state index in [1.165, 1.54) is 29.5 Å². The van der Waals surface area contributed by atoms with Crippen LogP contribution in [0.1, 0.15) is 36.9 Å². The van der Waals surface area contributed by atoms with Gasteiger partial charge in [-0.15, -0.1) is 0 Å². The zero-order valence-corrected chi connectivity index (χ0v) is 14.7. The van der Waals surface area contributed by atoms with Gasteiger partial charge in [0.2, 0.25) is 0 Å². The number of ether oxygens (including phenoxy) is 1. The van der Waals surface area contributed by atoms with Gasteiger partial charge >= 0.3 is 0 Å². The van der Waals surface area contributed by atoms with Gasteiger partial charge in [-0.05, 0) is 50.6 Å². The Hall–Kier alpha value is -2.33. The van der Waals surface area contributed by atoms with Gasteiger partial charge in [0.05, 0.1) is 6.61 Å². The summed E-state index contributed by atoms with van der Waals surface area (Å²) in [6.07, 6.45) is 4.31. The number of fused-ring (bicyclic) bond motifs is 1. The standard InChI is InChI=1S/C21H25N3O/c1-2-25-20-10-4-3-7-18(20)15-24-12-6-9-17(14-24)19-13-16-8-5-11-22-21(16)23-19/h3-5,7-8,10-11,13,17H,2,6,9,12,14-15H2,1H3,(H,22,23)/t17-/m1/s1. The molecule has 4 nitrogen and oxygen atoms in total. The van der Waals surface area contributed by atoms with Crippen LogP contribution in [0.15, 0.2) is 48.7 Å². The molecule has 0 amide bonds. The molecule has 1 aromatic carbocycles.